The van der Waals surface area contributed by atoms with E-state index in [0.717, 1.165) is 12.1 Å². The van der Waals surface area contributed by atoms with Crippen molar-refractivity contribution in [1.82, 2.24) is 9.47 Å². The molecular weight excluding hydrogens is 411 g/mol. The molecule has 0 spiro atoms. The highest BCUT2D eigenvalue weighted by atomic mass is 35.5. The number of nitrogens with zero attached hydrogens (tertiary/aromatic N) is 2. The van der Waals surface area contributed by atoms with Crippen molar-refractivity contribution in [1.29, 1.82) is 0 Å². The fraction of sp³-hybridized carbons (Fsp3) is 0.273. The maximum absolute atomic E-state index is 13.1. The molecule has 2 aromatic heterocycles. The van der Waals surface area contributed by atoms with E-state index in [0.29, 0.717) is 41.0 Å². The summed E-state index contributed by atoms with van der Waals surface area (Å²) in [5.41, 5.74) is 1.70. The predicted octanol–water partition coefficient (Wildman–Crippen LogP) is 4.67. The summed E-state index contributed by atoms with van der Waals surface area (Å²) in [6, 6.07) is 13.9. The Morgan fingerprint density at radius 1 is 1.03 bits per heavy atom. The summed E-state index contributed by atoms with van der Waals surface area (Å²) in [4.78, 5) is 27.1. The van der Waals surface area contributed by atoms with Gasteiger partial charge < -0.3 is 13.9 Å². The Hall–Kier alpha value is -2.50. The molecule has 4 heterocycles. The zero-order valence-corrected chi connectivity index (χ0v) is 17.0. The topological polar surface area (TPSA) is 55.5 Å². The molecule has 0 aliphatic carbocycles. The third-order valence-corrected chi connectivity index (χ3v) is 6.34. The predicted molar refractivity (Wildman–Crippen MR) is 112 cm³/mol. The maximum atomic E-state index is 13.1. The SMILES string of the molecule is O=C(c1ccc(-c2cc(Cl)ccc2Cl)o1)N1CC2CC(C1)c1cccc(=O)n1C2. The number of fused-ring (bicyclic) bond motifs is 4. The van der Waals surface area contributed by atoms with E-state index in [-0.39, 0.29) is 29.1 Å². The van der Waals surface area contributed by atoms with Gasteiger partial charge in [-0.05, 0) is 48.7 Å². The van der Waals surface area contributed by atoms with E-state index < -0.39 is 0 Å². The van der Waals surface area contributed by atoms with Crippen LogP contribution in [0.2, 0.25) is 10.0 Å². The number of amides is 1. The van der Waals surface area contributed by atoms with Crippen LogP contribution in [-0.4, -0.2) is 28.5 Å². The summed E-state index contributed by atoms with van der Waals surface area (Å²) in [7, 11) is 0. The molecule has 0 N–H and O–H groups in total. The van der Waals surface area contributed by atoms with Crippen LogP contribution in [0.1, 0.15) is 28.6 Å². The van der Waals surface area contributed by atoms with Crippen molar-refractivity contribution in [3.05, 3.63) is 80.4 Å². The van der Waals surface area contributed by atoms with Gasteiger partial charge >= 0.3 is 0 Å². The fourth-order valence-corrected chi connectivity index (χ4v) is 4.88. The molecule has 1 fully saturated rings. The molecule has 29 heavy (non-hydrogen) atoms. The molecule has 7 heteroatoms. The van der Waals surface area contributed by atoms with Crippen LogP contribution in [0.5, 0.6) is 0 Å². The molecule has 2 bridgehead atoms. The second-order valence-electron chi connectivity index (χ2n) is 7.70. The van der Waals surface area contributed by atoms with Crippen LogP contribution in [0.15, 0.2) is 57.7 Å². The van der Waals surface area contributed by atoms with E-state index in [1.54, 1.807) is 42.5 Å². The number of aromatic nitrogens is 1. The average molecular weight is 429 g/mol. The lowest BCUT2D eigenvalue weighted by Gasteiger charge is -2.42. The van der Waals surface area contributed by atoms with E-state index in [2.05, 4.69) is 0 Å². The van der Waals surface area contributed by atoms with Crippen molar-refractivity contribution >= 4 is 29.1 Å². The average Bonchev–Trinajstić information content (AvgIpc) is 3.20. The number of benzene rings is 1. The largest absolute Gasteiger partial charge is 0.451 e. The Balaban J connectivity index is 1.41. The molecule has 2 aliphatic rings. The number of rotatable bonds is 2. The highest BCUT2D eigenvalue weighted by Gasteiger charge is 2.37. The molecule has 0 saturated carbocycles. The minimum absolute atomic E-state index is 0.0334. The van der Waals surface area contributed by atoms with E-state index in [1.165, 1.54) is 0 Å². The second-order valence-corrected chi connectivity index (χ2v) is 8.54. The van der Waals surface area contributed by atoms with Crippen molar-refractivity contribution in [3.8, 4) is 11.3 Å². The van der Waals surface area contributed by atoms with Gasteiger partial charge in [0.25, 0.3) is 11.5 Å². The maximum Gasteiger partial charge on any atom is 0.289 e. The molecule has 5 rings (SSSR count). The van der Waals surface area contributed by atoms with Crippen LogP contribution in [-0.2, 0) is 6.54 Å². The molecule has 2 atom stereocenters. The summed E-state index contributed by atoms with van der Waals surface area (Å²) in [5.74, 6) is 1.08. The Bertz CT molecular complexity index is 1170. The van der Waals surface area contributed by atoms with E-state index in [9.17, 15) is 9.59 Å². The molecule has 148 valence electrons. The summed E-state index contributed by atoms with van der Waals surface area (Å²) < 4.78 is 7.70. The van der Waals surface area contributed by atoms with Gasteiger partial charge in [0.1, 0.15) is 5.76 Å². The van der Waals surface area contributed by atoms with Crippen LogP contribution in [0, 0.1) is 5.92 Å². The lowest BCUT2D eigenvalue weighted by atomic mass is 9.83. The number of hydrogen-bond donors (Lipinski definition) is 0. The third-order valence-electron chi connectivity index (χ3n) is 5.78. The van der Waals surface area contributed by atoms with Crippen LogP contribution in [0.25, 0.3) is 11.3 Å². The number of likely N-dealkylation sites (tertiary alicyclic amines) is 1. The Morgan fingerprint density at radius 3 is 2.76 bits per heavy atom. The van der Waals surface area contributed by atoms with Gasteiger partial charge in [0, 0.05) is 47.9 Å². The minimum atomic E-state index is -0.143. The van der Waals surface area contributed by atoms with Gasteiger partial charge in [-0.15, -0.1) is 0 Å². The smallest absolute Gasteiger partial charge is 0.289 e. The molecular formula is C22H18Cl2N2O3. The first-order valence-corrected chi connectivity index (χ1v) is 10.3. The molecule has 0 radical (unpaired) electrons. The van der Waals surface area contributed by atoms with E-state index >= 15 is 0 Å². The standard InChI is InChI=1S/C22H18Cl2N2O3/c23-15-4-5-17(24)16(9-15)19-6-7-20(29-19)22(28)25-10-13-8-14(12-25)18-2-1-3-21(27)26(18)11-13/h1-7,9,13-14H,8,10-12H2. The molecule has 1 saturated heterocycles. The molecule has 2 unspecified atom stereocenters. The number of pyridine rings is 1. The normalized spacial score (nSPS) is 20.4. The summed E-state index contributed by atoms with van der Waals surface area (Å²) >= 11 is 12.3. The van der Waals surface area contributed by atoms with Crippen LogP contribution in [0.3, 0.4) is 0 Å². The monoisotopic (exact) mass is 428 g/mol. The fourth-order valence-electron chi connectivity index (χ4n) is 4.50. The lowest BCUT2D eigenvalue weighted by Crippen LogP contribution is -2.49. The van der Waals surface area contributed by atoms with Crippen molar-refractivity contribution in [3.63, 3.8) is 0 Å². The van der Waals surface area contributed by atoms with E-state index in [1.807, 2.05) is 15.5 Å². The molecule has 2 aliphatic heterocycles. The van der Waals surface area contributed by atoms with Gasteiger partial charge in [-0.3, -0.25) is 9.59 Å². The molecule has 5 nitrogen and oxygen atoms in total. The zero-order valence-electron chi connectivity index (χ0n) is 15.5. The van der Waals surface area contributed by atoms with Gasteiger partial charge in [0.15, 0.2) is 5.76 Å². The van der Waals surface area contributed by atoms with Gasteiger partial charge in [-0.25, -0.2) is 0 Å². The van der Waals surface area contributed by atoms with Gasteiger partial charge in [-0.1, -0.05) is 29.3 Å². The number of halogens is 2. The van der Waals surface area contributed by atoms with Crippen LogP contribution in [0.4, 0.5) is 0 Å². The van der Waals surface area contributed by atoms with Crippen molar-refractivity contribution in [2.75, 3.05) is 13.1 Å². The summed E-state index contributed by atoms with van der Waals surface area (Å²) in [5, 5.41) is 1.06. The number of piperidine rings is 1. The third kappa shape index (κ3) is 3.28. The van der Waals surface area contributed by atoms with Crippen molar-refractivity contribution < 1.29 is 9.21 Å². The van der Waals surface area contributed by atoms with Crippen molar-refractivity contribution in [2.24, 2.45) is 5.92 Å². The van der Waals surface area contributed by atoms with Gasteiger partial charge in [0.05, 0.1) is 5.02 Å². The summed E-state index contributed by atoms with van der Waals surface area (Å²) in [6.45, 7) is 1.84. The Morgan fingerprint density at radius 2 is 1.90 bits per heavy atom. The highest BCUT2D eigenvalue weighted by Crippen LogP contribution is 2.36. The van der Waals surface area contributed by atoms with Gasteiger partial charge in [-0.2, -0.15) is 0 Å². The van der Waals surface area contributed by atoms with Crippen LogP contribution < -0.4 is 5.56 Å². The molecule has 1 aromatic carbocycles. The van der Waals surface area contributed by atoms with Gasteiger partial charge in [0.2, 0.25) is 0 Å². The number of furan rings is 1. The van der Waals surface area contributed by atoms with Crippen LogP contribution >= 0.6 is 23.2 Å². The number of hydrogen-bond acceptors (Lipinski definition) is 3. The summed E-state index contributed by atoms with van der Waals surface area (Å²) in [6.07, 6.45) is 0.995. The quantitative estimate of drug-likeness (QED) is 0.595. The molecule has 1 amide bonds. The van der Waals surface area contributed by atoms with E-state index in [4.69, 9.17) is 27.6 Å². The number of carbonyl (C=O) groups is 1. The first kappa shape index (κ1) is 18.5. The minimum Gasteiger partial charge on any atom is -0.451 e. The first-order chi connectivity index (χ1) is 14.0. The highest BCUT2D eigenvalue weighted by molar-refractivity contribution is 6.35. The Kier molecular flexibility index (Phi) is 4.52. The number of carbonyl (C=O) groups excluding carboxylic acids is 1. The molecule has 3 aromatic rings. The Labute approximate surface area is 177 Å². The van der Waals surface area contributed by atoms with Crippen molar-refractivity contribution in [2.45, 2.75) is 18.9 Å². The lowest BCUT2D eigenvalue weighted by molar-refractivity contribution is 0.0564. The zero-order chi connectivity index (χ0) is 20.1. The second kappa shape index (κ2) is 7.08. The first-order valence-electron chi connectivity index (χ1n) is 9.54.